The van der Waals surface area contributed by atoms with Gasteiger partial charge >= 0.3 is 0 Å². The van der Waals surface area contributed by atoms with Crippen molar-refractivity contribution in [3.63, 3.8) is 0 Å². The van der Waals surface area contributed by atoms with E-state index in [0.29, 0.717) is 13.2 Å². The van der Waals surface area contributed by atoms with E-state index in [1.54, 1.807) is 14.2 Å². The molecular formula is C54H46B2O2. The van der Waals surface area contributed by atoms with Crippen molar-refractivity contribution in [2.24, 2.45) is 0 Å². The first kappa shape index (κ1) is 38.4. The van der Waals surface area contributed by atoms with Crippen molar-refractivity contribution in [2.75, 3.05) is 27.4 Å². The second-order valence-electron chi connectivity index (χ2n) is 14.7. The molecule has 0 aliphatic heterocycles. The molecule has 8 aromatic carbocycles. The van der Waals surface area contributed by atoms with Crippen molar-refractivity contribution in [1.82, 2.24) is 0 Å². The van der Waals surface area contributed by atoms with Gasteiger partial charge in [-0.15, -0.1) is 0 Å². The highest BCUT2D eigenvalue weighted by molar-refractivity contribution is 7.01. The first-order valence-corrected chi connectivity index (χ1v) is 20.0. The summed E-state index contributed by atoms with van der Waals surface area (Å²) >= 11 is 0. The van der Waals surface area contributed by atoms with Gasteiger partial charge < -0.3 is 9.47 Å². The molecule has 0 saturated carbocycles. The molecule has 0 fully saturated rings. The molecule has 0 spiro atoms. The molecule has 0 atom stereocenters. The summed E-state index contributed by atoms with van der Waals surface area (Å²) in [5, 5.41) is 2.33. The minimum atomic E-state index is -0.00616. The van der Waals surface area contributed by atoms with E-state index < -0.39 is 0 Å². The zero-order valence-electron chi connectivity index (χ0n) is 33.2. The van der Waals surface area contributed by atoms with E-state index in [1.165, 1.54) is 54.7 Å². The fourth-order valence-electron chi connectivity index (χ4n) is 8.44. The summed E-state index contributed by atoms with van der Waals surface area (Å²) in [6, 6.07) is 78.7. The molecule has 2 nitrogen and oxygen atoms in total. The van der Waals surface area contributed by atoms with E-state index in [9.17, 15) is 0 Å². The number of benzene rings is 8. The van der Waals surface area contributed by atoms with Crippen LogP contribution in [0.25, 0.3) is 32.9 Å². The van der Waals surface area contributed by atoms with Gasteiger partial charge in [-0.1, -0.05) is 239 Å². The first-order chi connectivity index (χ1) is 28.7. The lowest BCUT2D eigenvalue weighted by atomic mass is 9.34. The normalized spacial score (nSPS) is 12.1. The Morgan fingerprint density at radius 1 is 0.328 bits per heavy atom. The van der Waals surface area contributed by atoms with Gasteiger partial charge in [-0.05, 0) is 56.3 Å². The highest BCUT2D eigenvalue weighted by atomic mass is 16.5. The monoisotopic (exact) mass is 748 g/mol. The average Bonchev–Trinajstić information content (AvgIpc) is 3.30. The fraction of sp³-hybridized carbons (Fsp3) is 0.0741. The van der Waals surface area contributed by atoms with Crippen LogP contribution in [0.3, 0.4) is 0 Å². The largest absolute Gasteiger partial charge is 0.380 e. The molecule has 0 bridgehead atoms. The summed E-state index contributed by atoms with van der Waals surface area (Å²) in [6.07, 6.45) is 0. The van der Waals surface area contributed by atoms with E-state index in [0.717, 1.165) is 22.3 Å². The van der Waals surface area contributed by atoms with Gasteiger partial charge in [0.05, 0.1) is 13.2 Å². The molecule has 8 rings (SSSR count). The van der Waals surface area contributed by atoms with Crippen LogP contribution in [0.5, 0.6) is 0 Å². The van der Waals surface area contributed by atoms with E-state index in [1.807, 2.05) is 0 Å². The van der Waals surface area contributed by atoms with Crippen molar-refractivity contribution >= 4 is 68.1 Å². The molecule has 0 heterocycles. The van der Waals surface area contributed by atoms with Crippen molar-refractivity contribution < 1.29 is 9.47 Å². The maximum Gasteiger partial charge on any atom is 0.242 e. The van der Waals surface area contributed by atoms with Crippen LogP contribution in [0.15, 0.2) is 218 Å². The molecular weight excluding hydrogens is 702 g/mol. The zero-order chi connectivity index (χ0) is 39.5. The summed E-state index contributed by atoms with van der Waals surface area (Å²) in [4.78, 5) is 0. The van der Waals surface area contributed by atoms with Gasteiger partial charge in [0, 0.05) is 14.2 Å². The Hall–Kier alpha value is -6.45. The van der Waals surface area contributed by atoms with Crippen LogP contribution in [0.4, 0.5) is 0 Å². The van der Waals surface area contributed by atoms with Crippen LogP contribution in [0.2, 0.25) is 0 Å². The lowest BCUT2D eigenvalue weighted by molar-refractivity contribution is 0.240. The number of ether oxygens (including phenoxy) is 2. The van der Waals surface area contributed by atoms with Crippen LogP contribution >= 0.6 is 0 Å². The minimum Gasteiger partial charge on any atom is -0.380 e. The predicted octanol–water partition coefficient (Wildman–Crippen LogP) is 9.65. The number of hydrogen-bond donors (Lipinski definition) is 0. The summed E-state index contributed by atoms with van der Waals surface area (Å²) in [5.41, 5.74) is 14.4. The van der Waals surface area contributed by atoms with Crippen molar-refractivity contribution in [3.05, 3.63) is 241 Å². The Kier molecular flexibility index (Phi) is 12.4. The molecule has 0 unspecified atom stereocenters. The van der Waals surface area contributed by atoms with Crippen LogP contribution in [0.1, 0.15) is 22.3 Å². The van der Waals surface area contributed by atoms with Gasteiger partial charge in [0.25, 0.3) is 0 Å². The molecule has 0 N–H and O–H groups in total. The molecule has 0 aliphatic rings. The van der Waals surface area contributed by atoms with Crippen LogP contribution in [0, 0.1) is 0 Å². The van der Waals surface area contributed by atoms with E-state index in [4.69, 9.17) is 9.47 Å². The molecule has 4 heteroatoms. The van der Waals surface area contributed by atoms with Crippen LogP contribution in [-0.2, 0) is 9.47 Å². The average molecular weight is 749 g/mol. The Balaban J connectivity index is 1.32. The Labute approximate surface area is 344 Å². The topological polar surface area (TPSA) is 18.5 Å². The third-order valence-electron chi connectivity index (χ3n) is 11.0. The van der Waals surface area contributed by atoms with Crippen molar-refractivity contribution in [2.45, 2.75) is 0 Å². The van der Waals surface area contributed by atoms with Crippen molar-refractivity contribution in [1.29, 1.82) is 0 Å². The standard InChI is InChI=1S/C54H46B2O2/c1-57-39-51(53(41-21-9-3-10-22-41)55(47-25-13-5-14-26-47)48-27-15-6-16-28-48)45-35-33-44-38-46(36-34-43(44)37-45)52(40-58-2)54(42-23-11-4-12-24-42)56(49-29-17-7-18-30-49)50-31-19-8-20-32-50/h3-38H,39-40H2,1-2H3. The van der Waals surface area contributed by atoms with Gasteiger partial charge in [0.2, 0.25) is 13.4 Å². The van der Waals surface area contributed by atoms with E-state index in [2.05, 4.69) is 218 Å². The molecule has 58 heavy (non-hydrogen) atoms. The number of rotatable bonds is 14. The first-order valence-electron chi connectivity index (χ1n) is 20.0. The number of methoxy groups -OCH3 is 2. The van der Waals surface area contributed by atoms with Gasteiger partial charge in [0.1, 0.15) is 0 Å². The zero-order valence-corrected chi connectivity index (χ0v) is 33.2. The molecule has 8 aromatic rings. The van der Waals surface area contributed by atoms with Gasteiger partial charge in [-0.2, -0.15) is 0 Å². The molecule has 0 radical (unpaired) electrons. The van der Waals surface area contributed by atoms with E-state index in [-0.39, 0.29) is 13.4 Å². The van der Waals surface area contributed by atoms with Crippen LogP contribution in [-0.4, -0.2) is 40.9 Å². The predicted molar refractivity (Wildman–Crippen MR) is 250 cm³/mol. The van der Waals surface area contributed by atoms with Gasteiger partial charge in [-0.3, -0.25) is 0 Å². The number of hydrogen-bond acceptors (Lipinski definition) is 2. The summed E-state index contributed by atoms with van der Waals surface area (Å²) in [7, 11) is 3.59. The molecule has 0 aromatic heterocycles. The maximum absolute atomic E-state index is 6.06. The molecule has 0 amide bonds. The minimum absolute atomic E-state index is 0.00616. The second kappa shape index (κ2) is 18.7. The highest BCUT2D eigenvalue weighted by Crippen LogP contribution is 2.34. The molecule has 0 aliphatic carbocycles. The maximum atomic E-state index is 6.06. The third-order valence-corrected chi connectivity index (χ3v) is 11.0. The summed E-state index contributed by atoms with van der Waals surface area (Å²) < 4.78 is 12.1. The van der Waals surface area contributed by atoms with E-state index >= 15 is 0 Å². The Morgan fingerprint density at radius 3 is 0.879 bits per heavy atom. The number of fused-ring (bicyclic) bond motifs is 1. The smallest absolute Gasteiger partial charge is 0.242 e. The second-order valence-corrected chi connectivity index (χ2v) is 14.7. The van der Waals surface area contributed by atoms with Gasteiger partial charge in [0.15, 0.2) is 0 Å². The molecule has 0 saturated heterocycles. The molecule has 280 valence electrons. The third kappa shape index (κ3) is 8.45. The van der Waals surface area contributed by atoms with Crippen molar-refractivity contribution in [3.8, 4) is 0 Å². The van der Waals surface area contributed by atoms with Gasteiger partial charge in [-0.25, -0.2) is 0 Å². The Morgan fingerprint density at radius 2 is 0.603 bits per heavy atom. The highest BCUT2D eigenvalue weighted by Gasteiger charge is 2.30. The fourth-order valence-corrected chi connectivity index (χ4v) is 8.44. The quantitative estimate of drug-likeness (QED) is 0.0815. The summed E-state index contributed by atoms with van der Waals surface area (Å²) in [5.74, 6) is 0. The lowest BCUT2D eigenvalue weighted by Gasteiger charge is -2.25. The summed E-state index contributed by atoms with van der Waals surface area (Å²) in [6.45, 7) is 0.915. The lowest BCUT2D eigenvalue weighted by Crippen LogP contribution is -2.44. The SMILES string of the molecule is COCC(=C(B(c1ccccc1)c1ccccc1)c1ccccc1)c1ccc2cc(C(COC)=C(B(c3ccccc3)c3ccccc3)c3ccccc3)ccc2c1. The van der Waals surface area contributed by atoms with Crippen LogP contribution < -0.4 is 21.9 Å². The Bertz CT molecular complexity index is 2340.